The van der Waals surface area contributed by atoms with Crippen LogP contribution >= 0.6 is 0 Å². The first-order chi connectivity index (χ1) is 6.18. The summed E-state index contributed by atoms with van der Waals surface area (Å²) in [5.74, 6) is 0.637. The summed E-state index contributed by atoms with van der Waals surface area (Å²) in [7, 11) is 0. The Balaban J connectivity index is 2.89. The highest BCUT2D eigenvalue weighted by Crippen LogP contribution is 2.13. The van der Waals surface area contributed by atoms with Crippen molar-refractivity contribution in [2.75, 3.05) is 5.73 Å². The molecule has 3 heteroatoms. The lowest BCUT2D eigenvalue weighted by Gasteiger charge is -2.00. The van der Waals surface area contributed by atoms with Gasteiger partial charge in [-0.05, 0) is 25.5 Å². The van der Waals surface area contributed by atoms with Crippen molar-refractivity contribution >= 4 is 16.9 Å². The Bertz CT molecular complexity index is 463. The zero-order valence-corrected chi connectivity index (χ0v) is 7.76. The first kappa shape index (κ1) is 7.98. The Labute approximate surface area is 76.6 Å². The number of fused-ring (bicyclic) bond motifs is 1. The van der Waals surface area contributed by atoms with Crippen LogP contribution in [0.4, 0.5) is 5.82 Å². The molecule has 0 fully saturated rings. The molecule has 13 heavy (non-hydrogen) atoms. The predicted molar refractivity (Wildman–Crippen MR) is 52.2 cm³/mol. The fourth-order valence-corrected chi connectivity index (χ4v) is 1.37. The van der Waals surface area contributed by atoms with Crippen molar-refractivity contribution in [1.29, 1.82) is 0 Å². The first-order valence-corrected chi connectivity index (χ1v) is 4.23. The van der Waals surface area contributed by atoms with Crippen LogP contribution in [-0.2, 0) is 0 Å². The maximum atomic E-state index is 5.72. The molecule has 0 radical (unpaired) electrons. The topological polar surface area (TPSA) is 53.0 Å². The average molecular weight is 174 g/mol. The van der Waals surface area contributed by atoms with Crippen LogP contribution in [-0.4, -0.2) is 4.98 Å². The Hall–Kier alpha value is -1.64. The third-order valence-corrected chi connectivity index (χ3v) is 2.18. The van der Waals surface area contributed by atoms with E-state index in [0.29, 0.717) is 5.82 Å². The molecular weight excluding hydrogens is 162 g/mol. The van der Waals surface area contributed by atoms with E-state index >= 15 is 0 Å². The van der Waals surface area contributed by atoms with E-state index in [1.807, 2.05) is 32.0 Å². The molecule has 0 spiro atoms. The fraction of sp³-hybridized carbons (Fsp3) is 0.200. The number of hydrogen-bond donors (Lipinski definition) is 1. The van der Waals surface area contributed by atoms with Crippen molar-refractivity contribution in [3.63, 3.8) is 0 Å². The number of para-hydroxylation sites is 1. The minimum atomic E-state index is 0.637. The van der Waals surface area contributed by atoms with Crippen LogP contribution in [0.5, 0.6) is 0 Å². The van der Waals surface area contributed by atoms with Crippen molar-refractivity contribution < 1.29 is 4.98 Å². The third-order valence-electron chi connectivity index (χ3n) is 2.18. The van der Waals surface area contributed by atoms with E-state index in [0.717, 1.165) is 22.3 Å². The maximum Gasteiger partial charge on any atom is 0.292 e. The highest BCUT2D eigenvalue weighted by atomic mass is 14.9. The molecule has 0 aliphatic rings. The van der Waals surface area contributed by atoms with E-state index in [4.69, 9.17) is 5.73 Å². The molecular formula is C10H12N3+. The SMILES string of the molecule is Cc1nc2c(C)cccc2[nH+]c1N. The number of benzene rings is 1. The summed E-state index contributed by atoms with van der Waals surface area (Å²) in [5, 5.41) is 0. The summed E-state index contributed by atoms with van der Waals surface area (Å²) >= 11 is 0. The van der Waals surface area contributed by atoms with Crippen LogP contribution in [0.25, 0.3) is 11.0 Å². The zero-order chi connectivity index (χ0) is 9.42. The van der Waals surface area contributed by atoms with Crippen LogP contribution in [0.3, 0.4) is 0 Å². The van der Waals surface area contributed by atoms with Gasteiger partial charge in [0.15, 0.2) is 5.52 Å². The molecule has 2 rings (SSSR count). The summed E-state index contributed by atoms with van der Waals surface area (Å²) in [6.07, 6.45) is 0. The number of rotatable bonds is 0. The summed E-state index contributed by atoms with van der Waals surface area (Å²) in [6, 6.07) is 6.01. The summed E-state index contributed by atoms with van der Waals surface area (Å²) in [4.78, 5) is 7.53. The average Bonchev–Trinajstić information content (AvgIpc) is 2.09. The van der Waals surface area contributed by atoms with Crippen LogP contribution in [0.1, 0.15) is 11.3 Å². The number of hydrogen-bond acceptors (Lipinski definition) is 2. The van der Waals surface area contributed by atoms with E-state index in [-0.39, 0.29) is 0 Å². The van der Waals surface area contributed by atoms with E-state index in [2.05, 4.69) is 9.97 Å². The van der Waals surface area contributed by atoms with Crippen molar-refractivity contribution in [2.24, 2.45) is 0 Å². The third kappa shape index (κ3) is 1.22. The van der Waals surface area contributed by atoms with Crippen molar-refractivity contribution in [1.82, 2.24) is 4.98 Å². The van der Waals surface area contributed by atoms with Crippen LogP contribution in [0.15, 0.2) is 18.2 Å². The fourth-order valence-electron chi connectivity index (χ4n) is 1.37. The van der Waals surface area contributed by atoms with Gasteiger partial charge in [-0.15, -0.1) is 0 Å². The van der Waals surface area contributed by atoms with E-state index < -0.39 is 0 Å². The Morgan fingerprint density at radius 3 is 2.85 bits per heavy atom. The monoisotopic (exact) mass is 174 g/mol. The van der Waals surface area contributed by atoms with Crippen molar-refractivity contribution in [3.8, 4) is 0 Å². The van der Waals surface area contributed by atoms with Crippen molar-refractivity contribution in [3.05, 3.63) is 29.5 Å². The molecule has 0 saturated carbocycles. The molecule has 0 aliphatic heterocycles. The molecule has 0 unspecified atom stereocenters. The minimum Gasteiger partial charge on any atom is -0.286 e. The number of nitrogens with one attached hydrogen (secondary N) is 1. The largest absolute Gasteiger partial charge is 0.292 e. The smallest absolute Gasteiger partial charge is 0.286 e. The lowest BCUT2D eigenvalue weighted by Crippen LogP contribution is -2.14. The number of aromatic amines is 1. The molecule has 1 heterocycles. The van der Waals surface area contributed by atoms with Gasteiger partial charge in [-0.25, -0.2) is 9.97 Å². The van der Waals surface area contributed by atoms with E-state index in [1.165, 1.54) is 0 Å². The lowest BCUT2D eigenvalue weighted by molar-refractivity contribution is -0.327. The standard InChI is InChI=1S/C10H11N3/c1-6-4-3-5-8-9(6)12-7(2)10(11)13-8/h3-5H,1-2H3,(H2,11,13)/p+1. The molecule has 3 nitrogen and oxygen atoms in total. The van der Waals surface area contributed by atoms with Gasteiger partial charge in [0.1, 0.15) is 11.2 Å². The van der Waals surface area contributed by atoms with Gasteiger partial charge >= 0.3 is 0 Å². The van der Waals surface area contributed by atoms with Gasteiger partial charge in [0.05, 0.1) is 0 Å². The lowest BCUT2D eigenvalue weighted by atomic mass is 10.2. The normalized spacial score (nSPS) is 10.6. The molecule has 2 aromatic rings. The summed E-state index contributed by atoms with van der Waals surface area (Å²) in [6.45, 7) is 3.94. The molecule has 0 aliphatic carbocycles. The molecule has 0 bridgehead atoms. The molecule has 1 aromatic carbocycles. The van der Waals surface area contributed by atoms with Gasteiger partial charge in [0.25, 0.3) is 5.82 Å². The first-order valence-electron chi connectivity index (χ1n) is 4.23. The van der Waals surface area contributed by atoms with Gasteiger partial charge in [-0.1, -0.05) is 12.1 Å². The maximum absolute atomic E-state index is 5.72. The van der Waals surface area contributed by atoms with E-state index in [9.17, 15) is 0 Å². The predicted octanol–water partition coefficient (Wildman–Crippen LogP) is 1.25. The second-order valence-corrected chi connectivity index (χ2v) is 3.21. The second-order valence-electron chi connectivity index (χ2n) is 3.21. The number of anilines is 1. The molecule has 0 atom stereocenters. The molecule has 66 valence electrons. The Kier molecular flexibility index (Phi) is 1.65. The minimum absolute atomic E-state index is 0.637. The van der Waals surface area contributed by atoms with E-state index in [1.54, 1.807) is 0 Å². The molecule has 0 saturated heterocycles. The number of aromatic nitrogens is 2. The van der Waals surface area contributed by atoms with Crippen molar-refractivity contribution in [2.45, 2.75) is 13.8 Å². The van der Waals surface area contributed by atoms with Gasteiger partial charge < -0.3 is 0 Å². The quantitative estimate of drug-likeness (QED) is 0.653. The summed E-state index contributed by atoms with van der Waals surface area (Å²) in [5.41, 5.74) is 9.71. The summed E-state index contributed by atoms with van der Waals surface area (Å²) < 4.78 is 0. The molecule has 3 N–H and O–H groups in total. The highest BCUT2D eigenvalue weighted by Gasteiger charge is 2.06. The van der Waals surface area contributed by atoms with Gasteiger partial charge in [-0.2, -0.15) is 0 Å². The van der Waals surface area contributed by atoms with Gasteiger partial charge in [0.2, 0.25) is 0 Å². The number of nitrogen functional groups attached to an aromatic ring is 1. The number of H-pyrrole nitrogens is 1. The number of nitrogens with two attached hydrogens (primary N) is 1. The van der Waals surface area contributed by atoms with Gasteiger partial charge in [0, 0.05) is 0 Å². The second kappa shape index (κ2) is 2.69. The molecule has 0 amide bonds. The Morgan fingerprint density at radius 1 is 1.31 bits per heavy atom. The molecule has 1 aromatic heterocycles. The number of nitrogens with zero attached hydrogens (tertiary/aromatic N) is 1. The van der Waals surface area contributed by atoms with Gasteiger partial charge in [-0.3, -0.25) is 5.73 Å². The number of aryl methyl sites for hydroxylation is 2. The zero-order valence-electron chi connectivity index (χ0n) is 7.76. The van der Waals surface area contributed by atoms with Crippen LogP contribution < -0.4 is 10.7 Å². The highest BCUT2D eigenvalue weighted by molar-refractivity contribution is 5.75. The van der Waals surface area contributed by atoms with Crippen LogP contribution in [0.2, 0.25) is 0 Å². The Morgan fingerprint density at radius 2 is 2.08 bits per heavy atom. The van der Waals surface area contributed by atoms with Crippen LogP contribution in [0, 0.1) is 13.8 Å².